The number of aromatic nitrogens is 3. The molecule has 4 aromatic rings. The summed E-state index contributed by atoms with van der Waals surface area (Å²) < 4.78 is 24.6. The third-order valence-corrected chi connectivity index (χ3v) is 7.31. The van der Waals surface area contributed by atoms with E-state index < -0.39 is 28.2 Å². The van der Waals surface area contributed by atoms with Crippen molar-refractivity contribution >= 4 is 15.9 Å². The van der Waals surface area contributed by atoms with Crippen molar-refractivity contribution in [2.45, 2.75) is 35.9 Å². The first-order chi connectivity index (χ1) is 17.3. The van der Waals surface area contributed by atoms with Gasteiger partial charge >= 0.3 is 0 Å². The Labute approximate surface area is 208 Å². The molecule has 0 fully saturated rings. The molecule has 184 valence electrons. The fourth-order valence-corrected chi connectivity index (χ4v) is 5.03. The maximum absolute atomic E-state index is 13.6. The Morgan fingerprint density at radius 1 is 1.06 bits per heavy atom. The van der Waals surface area contributed by atoms with Gasteiger partial charge in [0.1, 0.15) is 11.7 Å². The number of sulfonamides is 1. The van der Waals surface area contributed by atoms with Crippen molar-refractivity contribution < 1.29 is 18.3 Å². The van der Waals surface area contributed by atoms with Crippen LogP contribution < -0.4 is 10.5 Å². The van der Waals surface area contributed by atoms with Crippen LogP contribution in [0.25, 0.3) is 11.3 Å². The third kappa shape index (κ3) is 4.92. The van der Waals surface area contributed by atoms with Crippen molar-refractivity contribution in [3.8, 4) is 11.3 Å². The Morgan fingerprint density at radius 3 is 2.47 bits per heavy atom. The molecule has 0 unspecified atom stereocenters. The number of nitrogens with one attached hydrogen (secondary N) is 1. The summed E-state index contributed by atoms with van der Waals surface area (Å²) in [6.07, 6.45) is 1.78. The van der Waals surface area contributed by atoms with Gasteiger partial charge < -0.3 is 10.4 Å². The van der Waals surface area contributed by atoms with Gasteiger partial charge in [-0.15, -0.1) is 5.10 Å². The van der Waals surface area contributed by atoms with E-state index in [1.54, 1.807) is 18.3 Å². The molecule has 4 N–H and O–H groups in total. The lowest BCUT2D eigenvalue weighted by atomic mass is 10.0. The summed E-state index contributed by atoms with van der Waals surface area (Å²) in [7, 11) is -3.81. The van der Waals surface area contributed by atoms with Crippen molar-refractivity contribution in [3.05, 3.63) is 102 Å². The van der Waals surface area contributed by atoms with E-state index in [0.717, 1.165) is 16.7 Å². The number of hydrogen-bond acceptors (Lipinski definition) is 6. The molecule has 1 aromatic heterocycles. The monoisotopic (exact) mass is 503 g/mol. The predicted molar refractivity (Wildman–Crippen MR) is 133 cm³/mol. The summed E-state index contributed by atoms with van der Waals surface area (Å²) in [4.78, 5) is 13.6. The number of carbonyl (C=O) groups excluding carboxylic acids is 1. The summed E-state index contributed by atoms with van der Waals surface area (Å²) in [5.74, 6) is -0.291. The quantitative estimate of drug-likeness (QED) is 0.353. The normalized spacial score (nSPS) is 17.9. The second kappa shape index (κ2) is 9.65. The Hall–Kier alpha value is -3.86. The summed E-state index contributed by atoms with van der Waals surface area (Å²) in [5.41, 5.74) is 3.98. The molecule has 1 amide bonds. The molecule has 0 bridgehead atoms. The van der Waals surface area contributed by atoms with Gasteiger partial charge in [0, 0.05) is 18.4 Å². The molecule has 10 heteroatoms. The highest BCUT2D eigenvalue weighted by molar-refractivity contribution is 7.89. The van der Waals surface area contributed by atoms with Gasteiger partial charge in [-0.3, -0.25) is 4.79 Å². The van der Waals surface area contributed by atoms with Crippen LogP contribution in [0.5, 0.6) is 0 Å². The van der Waals surface area contributed by atoms with Gasteiger partial charge in [-0.2, -0.15) is 0 Å². The number of fused-ring (bicyclic) bond motifs is 1. The van der Waals surface area contributed by atoms with Gasteiger partial charge in [-0.05, 0) is 28.8 Å². The number of aliphatic hydroxyl groups excluding tert-OH is 1. The number of hydrogen-bond donors (Lipinski definition) is 3. The molecule has 0 radical (unpaired) electrons. The maximum atomic E-state index is 13.6. The molecule has 3 atom stereocenters. The van der Waals surface area contributed by atoms with E-state index in [-0.39, 0.29) is 10.8 Å². The van der Waals surface area contributed by atoms with E-state index in [1.807, 2.05) is 54.6 Å². The first-order valence-electron chi connectivity index (χ1n) is 11.4. The minimum absolute atomic E-state index is 0.00428. The maximum Gasteiger partial charge on any atom is 0.245 e. The Morgan fingerprint density at radius 2 is 1.75 bits per heavy atom. The van der Waals surface area contributed by atoms with Crippen LogP contribution in [0.1, 0.15) is 28.8 Å². The van der Waals surface area contributed by atoms with Crippen molar-refractivity contribution in [1.29, 1.82) is 0 Å². The van der Waals surface area contributed by atoms with Gasteiger partial charge in [-0.1, -0.05) is 71.9 Å². The average Bonchev–Trinajstić information content (AvgIpc) is 3.48. The number of aliphatic hydroxyl groups is 1. The largest absolute Gasteiger partial charge is 0.390 e. The van der Waals surface area contributed by atoms with Crippen LogP contribution in [-0.2, 0) is 27.7 Å². The van der Waals surface area contributed by atoms with E-state index in [0.29, 0.717) is 24.1 Å². The zero-order valence-corrected chi connectivity index (χ0v) is 20.0. The average molecular weight is 504 g/mol. The predicted octanol–water partition coefficient (Wildman–Crippen LogP) is 2.15. The number of nitrogens with zero attached hydrogens (tertiary/aromatic N) is 3. The van der Waals surface area contributed by atoms with Gasteiger partial charge in [0.15, 0.2) is 0 Å². The second-order valence-electron chi connectivity index (χ2n) is 8.82. The van der Waals surface area contributed by atoms with Gasteiger partial charge in [0.05, 0.1) is 23.2 Å². The summed E-state index contributed by atoms with van der Waals surface area (Å²) in [6, 6.07) is 22.0. The highest BCUT2D eigenvalue weighted by atomic mass is 32.2. The fourth-order valence-electron chi connectivity index (χ4n) is 4.52. The molecule has 36 heavy (non-hydrogen) atoms. The zero-order chi connectivity index (χ0) is 25.3. The first-order valence-corrected chi connectivity index (χ1v) is 13.0. The molecular weight excluding hydrogens is 478 g/mol. The fraction of sp³-hybridized carbons (Fsp3) is 0.192. The Bertz CT molecular complexity index is 1490. The van der Waals surface area contributed by atoms with Crippen LogP contribution in [0.3, 0.4) is 0 Å². The van der Waals surface area contributed by atoms with Crippen LogP contribution in [0.15, 0.2) is 90.0 Å². The van der Waals surface area contributed by atoms with Crippen LogP contribution >= 0.6 is 0 Å². The van der Waals surface area contributed by atoms with Crippen LogP contribution in [0.4, 0.5) is 0 Å². The summed E-state index contributed by atoms with van der Waals surface area (Å²) in [6.45, 7) is 0. The third-order valence-electron chi connectivity index (χ3n) is 6.38. The molecule has 3 aromatic carbocycles. The molecule has 5 rings (SSSR count). The zero-order valence-electron chi connectivity index (χ0n) is 19.2. The second-order valence-corrected chi connectivity index (χ2v) is 10.4. The lowest BCUT2D eigenvalue weighted by Crippen LogP contribution is -2.39. The van der Waals surface area contributed by atoms with Gasteiger partial charge in [0.25, 0.3) is 0 Å². The molecule has 1 aliphatic rings. The van der Waals surface area contributed by atoms with Crippen molar-refractivity contribution in [2.75, 3.05) is 0 Å². The van der Waals surface area contributed by atoms with E-state index in [1.165, 1.54) is 16.8 Å². The Balaban J connectivity index is 1.43. The van der Waals surface area contributed by atoms with Crippen LogP contribution in [0, 0.1) is 0 Å². The molecule has 0 saturated heterocycles. The molecule has 0 saturated carbocycles. The lowest BCUT2D eigenvalue weighted by molar-refractivity contribution is -0.126. The molecule has 1 heterocycles. The van der Waals surface area contributed by atoms with Gasteiger partial charge in [0.2, 0.25) is 15.9 Å². The standard InChI is InChI=1S/C26H25N5O4S/c27-36(34,35)20-12-10-18(11-13-20)22-16-31(30-29-22)23(14-17-6-2-1-3-7-17)26(33)28-25-21-9-5-4-8-19(21)15-24(25)32/h1-13,16,23-25,32H,14-15H2,(H,28,33)(H2,27,34,35)/t23-,24-,25+/m0/s1. The minimum atomic E-state index is -3.81. The number of carbonyl (C=O) groups is 1. The molecule has 0 aliphatic heterocycles. The molecular formula is C26H25N5O4S. The van der Waals surface area contributed by atoms with Crippen molar-refractivity contribution in [2.24, 2.45) is 5.14 Å². The topological polar surface area (TPSA) is 140 Å². The smallest absolute Gasteiger partial charge is 0.245 e. The summed E-state index contributed by atoms with van der Waals surface area (Å²) >= 11 is 0. The SMILES string of the molecule is NS(=O)(=O)c1ccc(-c2cn([C@@H](Cc3ccccc3)C(=O)N[C@@H]3c4ccccc4C[C@@H]3O)nn2)cc1. The number of primary sulfonamides is 1. The Kier molecular flexibility index (Phi) is 6.40. The number of amides is 1. The van der Waals surface area contributed by atoms with Crippen LogP contribution in [-0.4, -0.2) is 40.5 Å². The van der Waals surface area contributed by atoms with Gasteiger partial charge in [-0.25, -0.2) is 18.2 Å². The minimum Gasteiger partial charge on any atom is -0.390 e. The number of benzene rings is 3. The van der Waals surface area contributed by atoms with Crippen molar-refractivity contribution in [3.63, 3.8) is 0 Å². The highest BCUT2D eigenvalue weighted by Crippen LogP contribution is 2.32. The van der Waals surface area contributed by atoms with E-state index >= 15 is 0 Å². The lowest BCUT2D eigenvalue weighted by Gasteiger charge is -2.23. The highest BCUT2D eigenvalue weighted by Gasteiger charge is 2.34. The summed E-state index contributed by atoms with van der Waals surface area (Å²) in [5, 5.41) is 27.3. The van der Waals surface area contributed by atoms with E-state index in [9.17, 15) is 18.3 Å². The number of nitrogens with two attached hydrogens (primary N) is 1. The molecule has 0 spiro atoms. The molecule has 1 aliphatic carbocycles. The van der Waals surface area contributed by atoms with E-state index in [2.05, 4.69) is 15.6 Å². The van der Waals surface area contributed by atoms with Crippen molar-refractivity contribution in [1.82, 2.24) is 20.3 Å². The number of rotatable bonds is 7. The molecule has 9 nitrogen and oxygen atoms in total. The van der Waals surface area contributed by atoms with E-state index in [4.69, 9.17) is 5.14 Å². The van der Waals surface area contributed by atoms with Crippen LogP contribution in [0.2, 0.25) is 0 Å². The first kappa shape index (κ1) is 23.9.